The quantitative estimate of drug-likeness (QED) is 0.803. The number of hydrogen-bond donors (Lipinski definition) is 2. The fourth-order valence-corrected chi connectivity index (χ4v) is 1.63. The smallest absolute Gasteiger partial charge is 0.428 e. The molecule has 0 saturated heterocycles. The van der Waals surface area contributed by atoms with E-state index < -0.39 is 30.1 Å². The first-order chi connectivity index (χ1) is 10.2. The summed E-state index contributed by atoms with van der Waals surface area (Å²) < 4.78 is 47.3. The van der Waals surface area contributed by atoms with Crippen molar-refractivity contribution in [1.82, 2.24) is 0 Å². The summed E-state index contributed by atoms with van der Waals surface area (Å²) in [5, 5.41) is 11.6. The van der Waals surface area contributed by atoms with Crippen LogP contribution >= 0.6 is 0 Å². The maximum atomic E-state index is 12.8. The van der Waals surface area contributed by atoms with Crippen LogP contribution < -0.4 is 10.1 Å². The molecule has 122 valence electrons. The van der Waals surface area contributed by atoms with Crippen molar-refractivity contribution in [2.75, 3.05) is 19.5 Å². The predicted octanol–water partition coefficient (Wildman–Crippen LogP) is 1.49. The highest BCUT2D eigenvalue weighted by Gasteiger charge is 2.61. The number of para-hydroxylation sites is 2. The molecule has 0 aliphatic carbocycles. The number of esters is 1. The molecular weight excluding hydrogens is 307 g/mol. The number of anilines is 1. The molecule has 0 bridgehead atoms. The first-order valence-corrected chi connectivity index (χ1v) is 5.96. The molecule has 1 atom stereocenters. The van der Waals surface area contributed by atoms with Crippen molar-refractivity contribution in [2.45, 2.75) is 18.2 Å². The average Bonchev–Trinajstić information content (AvgIpc) is 2.45. The zero-order chi connectivity index (χ0) is 17.0. The second kappa shape index (κ2) is 6.65. The molecule has 0 aliphatic rings. The van der Waals surface area contributed by atoms with Gasteiger partial charge in [-0.1, -0.05) is 12.1 Å². The van der Waals surface area contributed by atoms with Gasteiger partial charge in [0.05, 0.1) is 26.3 Å². The fraction of sp³-hybridized carbons (Fsp3) is 0.385. The van der Waals surface area contributed by atoms with E-state index in [1.54, 1.807) is 6.07 Å². The molecule has 0 unspecified atom stereocenters. The van der Waals surface area contributed by atoms with Crippen LogP contribution in [0.3, 0.4) is 0 Å². The van der Waals surface area contributed by atoms with Crippen LogP contribution in [0, 0.1) is 0 Å². The highest BCUT2D eigenvalue weighted by Crippen LogP contribution is 2.35. The lowest BCUT2D eigenvalue weighted by molar-refractivity contribution is -0.261. The summed E-state index contributed by atoms with van der Waals surface area (Å²) in [7, 11) is 1.99. The zero-order valence-electron chi connectivity index (χ0n) is 11.7. The minimum Gasteiger partial charge on any atom is -0.495 e. The van der Waals surface area contributed by atoms with Gasteiger partial charge in [-0.25, -0.2) is 4.79 Å². The summed E-state index contributed by atoms with van der Waals surface area (Å²) in [6.45, 7) is 0. The number of ether oxygens (including phenoxy) is 2. The third-order valence-corrected chi connectivity index (χ3v) is 2.79. The molecule has 0 aromatic heterocycles. The van der Waals surface area contributed by atoms with Gasteiger partial charge >= 0.3 is 12.1 Å². The Kier molecular flexibility index (Phi) is 5.37. The maximum Gasteiger partial charge on any atom is 0.428 e. The van der Waals surface area contributed by atoms with E-state index in [0.717, 1.165) is 0 Å². The Labute approximate surface area is 123 Å². The fourth-order valence-electron chi connectivity index (χ4n) is 1.63. The zero-order valence-corrected chi connectivity index (χ0v) is 11.7. The van der Waals surface area contributed by atoms with Gasteiger partial charge in [0, 0.05) is 0 Å². The van der Waals surface area contributed by atoms with Crippen molar-refractivity contribution in [3.63, 3.8) is 0 Å². The van der Waals surface area contributed by atoms with Crippen LogP contribution in [0.1, 0.15) is 6.42 Å². The van der Waals surface area contributed by atoms with Crippen LogP contribution in [0.4, 0.5) is 18.9 Å². The Morgan fingerprint density at radius 2 is 1.82 bits per heavy atom. The number of aliphatic hydroxyl groups is 1. The number of halogens is 3. The van der Waals surface area contributed by atoms with E-state index >= 15 is 0 Å². The number of alkyl halides is 3. The van der Waals surface area contributed by atoms with Gasteiger partial charge in [-0.15, -0.1) is 0 Å². The van der Waals surface area contributed by atoms with Crippen molar-refractivity contribution in [3.05, 3.63) is 24.3 Å². The summed E-state index contributed by atoms with van der Waals surface area (Å²) in [4.78, 5) is 22.9. The molecule has 0 aliphatic heterocycles. The van der Waals surface area contributed by atoms with Gasteiger partial charge in [-0.3, -0.25) is 4.79 Å². The van der Waals surface area contributed by atoms with Gasteiger partial charge in [-0.2, -0.15) is 13.2 Å². The van der Waals surface area contributed by atoms with Crippen molar-refractivity contribution < 1.29 is 37.3 Å². The molecule has 1 amide bonds. The van der Waals surface area contributed by atoms with Gasteiger partial charge in [0.15, 0.2) is 0 Å². The standard InChI is InChI=1S/C13H14F3NO5/c1-21-9-6-4-3-5-8(9)17-10(18)7-12(20,11(19)22-2)13(14,15)16/h3-6,20H,7H2,1-2H3,(H,17,18)/t12-/m0/s1. The topological polar surface area (TPSA) is 84.9 Å². The predicted molar refractivity (Wildman–Crippen MR) is 69.3 cm³/mol. The molecule has 0 heterocycles. The third kappa shape index (κ3) is 3.67. The Bertz CT molecular complexity index is 561. The molecule has 1 rings (SSSR count). The van der Waals surface area contributed by atoms with E-state index in [-0.39, 0.29) is 11.4 Å². The van der Waals surface area contributed by atoms with E-state index in [2.05, 4.69) is 10.1 Å². The summed E-state index contributed by atoms with van der Waals surface area (Å²) >= 11 is 0. The van der Waals surface area contributed by atoms with Crippen molar-refractivity contribution in [3.8, 4) is 5.75 Å². The van der Waals surface area contributed by atoms with Crippen LogP contribution in [0.25, 0.3) is 0 Å². The van der Waals surface area contributed by atoms with E-state index in [9.17, 15) is 27.9 Å². The van der Waals surface area contributed by atoms with Crippen LogP contribution in [0.15, 0.2) is 24.3 Å². The van der Waals surface area contributed by atoms with Gasteiger partial charge in [-0.05, 0) is 12.1 Å². The number of hydrogen-bond acceptors (Lipinski definition) is 5. The van der Waals surface area contributed by atoms with Crippen molar-refractivity contribution >= 4 is 17.6 Å². The number of carbonyl (C=O) groups excluding carboxylic acids is 2. The lowest BCUT2D eigenvalue weighted by Gasteiger charge is -2.27. The van der Waals surface area contributed by atoms with Crippen molar-refractivity contribution in [1.29, 1.82) is 0 Å². The summed E-state index contributed by atoms with van der Waals surface area (Å²) in [5.74, 6) is -2.98. The number of benzene rings is 1. The molecular formula is C13H14F3NO5. The minimum atomic E-state index is -5.36. The lowest BCUT2D eigenvalue weighted by atomic mass is 9.98. The summed E-state index contributed by atoms with van der Waals surface area (Å²) in [6, 6.07) is 5.98. The number of amides is 1. The van der Waals surface area contributed by atoms with Gasteiger partial charge < -0.3 is 19.9 Å². The normalized spacial score (nSPS) is 13.9. The number of carbonyl (C=O) groups is 2. The number of rotatable bonds is 5. The number of nitrogens with one attached hydrogen (secondary N) is 1. The van der Waals surface area contributed by atoms with Gasteiger partial charge in [0.1, 0.15) is 5.75 Å². The first-order valence-electron chi connectivity index (χ1n) is 5.96. The van der Waals surface area contributed by atoms with Gasteiger partial charge in [0.2, 0.25) is 5.91 Å². The lowest BCUT2D eigenvalue weighted by Crippen LogP contribution is -2.54. The molecule has 1 aromatic rings. The minimum absolute atomic E-state index is 0.101. The molecule has 0 fully saturated rings. The largest absolute Gasteiger partial charge is 0.495 e. The van der Waals surface area contributed by atoms with Gasteiger partial charge in [0.25, 0.3) is 5.60 Å². The third-order valence-electron chi connectivity index (χ3n) is 2.79. The Hall–Kier alpha value is -2.29. The molecule has 0 spiro atoms. The Morgan fingerprint density at radius 3 is 2.32 bits per heavy atom. The highest BCUT2D eigenvalue weighted by atomic mass is 19.4. The monoisotopic (exact) mass is 321 g/mol. The van der Waals surface area contributed by atoms with E-state index in [0.29, 0.717) is 7.11 Å². The van der Waals surface area contributed by atoms with Crippen LogP contribution in [-0.2, 0) is 14.3 Å². The molecule has 22 heavy (non-hydrogen) atoms. The second-order valence-electron chi connectivity index (χ2n) is 4.27. The maximum absolute atomic E-state index is 12.8. The van der Waals surface area contributed by atoms with Crippen LogP contribution in [0.2, 0.25) is 0 Å². The first kappa shape index (κ1) is 17.8. The molecule has 0 radical (unpaired) electrons. The van der Waals surface area contributed by atoms with Crippen LogP contribution in [-0.4, -0.2) is 43.0 Å². The average molecular weight is 321 g/mol. The van der Waals surface area contributed by atoms with Crippen molar-refractivity contribution in [2.24, 2.45) is 0 Å². The molecule has 6 nitrogen and oxygen atoms in total. The summed E-state index contributed by atoms with van der Waals surface area (Å²) in [6.07, 6.45) is -6.90. The number of methoxy groups -OCH3 is 2. The molecule has 1 aromatic carbocycles. The molecule has 2 N–H and O–H groups in total. The van der Waals surface area contributed by atoms with E-state index in [1.165, 1.54) is 25.3 Å². The Balaban J connectivity index is 2.96. The SMILES string of the molecule is COC(=O)[C@@](O)(CC(=O)Nc1ccccc1OC)C(F)(F)F. The molecule has 9 heteroatoms. The van der Waals surface area contributed by atoms with Crippen LogP contribution in [0.5, 0.6) is 5.75 Å². The van der Waals surface area contributed by atoms with E-state index in [4.69, 9.17) is 4.74 Å². The highest BCUT2D eigenvalue weighted by molar-refractivity contribution is 5.96. The molecule has 0 saturated carbocycles. The second-order valence-corrected chi connectivity index (χ2v) is 4.27. The Morgan fingerprint density at radius 1 is 1.23 bits per heavy atom. The summed E-state index contributed by atoms with van der Waals surface area (Å²) in [5.41, 5.74) is -3.82. The van der Waals surface area contributed by atoms with E-state index in [1.807, 2.05) is 0 Å².